The molecule has 0 radical (unpaired) electrons. The van der Waals surface area contributed by atoms with E-state index < -0.39 is 24.7 Å². The number of unbranched alkanes of at least 4 members (excludes halogenated alkanes) is 1. The molecule has 0 rings (SSSR count). The third kappa shape index (κ3) is 10.2. The summed E-state index contributed by atoms with van der Waals surface area (Å²) in [6, 6.07) is 0. The number of aliphatic hydroxyl groups is 1. The molecular formula is C15H32NO5P. The van der Waals surface area contributed by atoms with E-state index in [1.807, 2.05) is 6.92 Å². The molecule has 0 aliphatic heterocycles. The van der Waals surface area contributed by atoms with Crippen molar-refractivity contribution in [2.75, 3.05) is 25.5 Å². The summed E-state index contributed by atoms with van der Waals surface area (Å²) >= 11 is 0. The van der Waals surface area contributed by atoms with Crippen LogP contribution in [0.25, 0.3) is 0 Å². The fraction of sp³-hybridized carbons (Fsp3) is 0.933. The minimum Gasteiger partial charge on any atom is -0.444 e. The highest BCUT2D eigenvalue weighted by Gasteiger charge is 2.34. The maximum absolute atomic E-state index is 12.7. The first-order valence-corrected chi connectivity index (χ1v) is 9.84. The Morgan fingerprint density at radius 1 is 1.23 bits per heavy atom. The van der Waals surface area contributed by atoms with Crippen LogP contribution in [-0.2, 0) is 13.8 Å². The van der Waals surface area contributed by atoms with Gasteiger partial charge in [0.05, 0.1) is 18.4 Å². The van der Waals surface area contributed by atoms with Gasteiger partial charge in [0.1, 0.15) is 5.60 Å². The normalized spacial score (nSPS) is 17.4. The van der Waals surface area contributed by atoms with Gasteiger partial charge in [0, 0.05) is 12.7 Å². The van der Waals surface area contributed by atoms with Crippen LogP contribution in [0.4, 0.5) is 4.79 Å². The van der Waals surface area contributed by atoms with Gasteiger partial charge in [-0.25, -0.2) is 4.79 Å². The highest BCUT2D eigenvalue weighted by atomic mass is 31.2. The summed E-state index contributed by atoms with van der Waals surface area (Å²) in [5.41, 5.74) is -1.91. The molecule has 0 aliphatic carbocycles. The molecule has 2 N–H and O–H groups in total. The van der Waals surface area contributed by atoms with Gasteiger partial charge < -0.3 is 19.7 Å². The largest absolute Gasteiger partial charge is 0.444 e. The first-order chi connectivity index (χ1) is 9.93. The van der Waals surface area contributed by atoms with E-state index >= 15 is 0 Å². The molecule has 0 aromatic rings. The van der Waals surface area contributed by atoms with Crippen LogP contribution in [0.15, 0.2) is 0 Å². The number of ether oxygens (including phenoxy) is 1. The second-order valence-corrected chi connectivity index (χ2v) is 9.47. The van der Waals surface area contributed by atoms with Crippen molar-refractivity contribution in [2.24, 2.45) is 0 Å². The molecule has 0 aromatic heterocycles. The van der Waals surface area contributed by atoms with Gasteiger partial charge in [0.25, 0.3) is 0 Å². The zero-order valence-corrected chi connectivity index (χ0v) is 15.7. The van der Waals surface area contributed by atoms with Gasteiger partial charge in [-0.1, -0.05) is 13.3 Å². The molecule has 2 atom stereocenters. The van der Waals surface area contributed by atoms with E-state index in [1.165, 1.54) is 0 Å². The van der Waals surface area contributed by atoms with E-state index in [0.29, 0.717) is 12.8 Å². The van der Waals surface area contributed by atoms with E-state index in [0.717, 1.165) is 12.8 Å². The average Bonchev–Trinajstić information content (AvgIpc) is 2.32. The number of alkyl carbamates (subject to hydrolysis) is 1. The smallest absolute Gasteiger partial charge is 0.407 e. The summed E-state index contributed by atoms with van der Waals surface area (Å²) in [6.07, 6.45) is 1.55. The molecule has 1 amide bonds. The monoisotopic (exact) mass is 337 g/mol. The number of nitrogens with one attached hydrogen (secondary N) is 1. The molecule has 132 valence electrons. The van der Waals surface area contributed by atoms with Crippen LogP contribution >= 0.6 is 7.37 Å². The van der Waals surface area contributed by atoms with E-state index in [-0.39, 0.29) is 12.7 Å². The van der Waals surface area contributed by atoms with Gasteiger partial charge in [-0.3, -0.25) is 4.57 Å². The molecule has 0 spiro atoms. The van der Waals surface area contributed by atoms with Crippen molar-refractivity contribution < 1.29 is 23.7 Å². The standard InChI is InChI=1S/C15H32NO5P/c1-7-9-10-22(19,20-8-2)12-15(6,18)11-16-13(17)21-14(3,4)5/h18H,7-12H2,1-6H3,(H,16,17). The topological polar surface area (TPSA) is 84.9 Å². The van der Waals surface area contributed by atoms with E-state index in [1.54, 1.807) is 34.6 Å². The SMILES string of the molecule is CCCCP(=O)(CC(C)(O)CNC(=O)OC(C)(C)C)OCC. The van der Waals surface area contributed by atoms with Crippen LogP contribution in [0.3, 0.4) is 0 Å². The molecule has 0 aromatic carbocycles. The van der Waals surface area contributed by atoms with Crippen LogP contribution in [0.2, 0.25) is 0 Å². The van der Waals surface area contributed by atoms with Crippen molar-refractivity contribution in [3.8, 4) is 0 Å². The Bertz CT molecular complexity index is 390. The fourth-order valence-corrected chi connectivity index (χ4v) is 4.77. The van der Waals surface area contributed by atoms with E-state index in [9.17, 15) is 14.5 Å². The molecule has 2 unspecified atom stereocenters. The zero-order chi connectivity index (χ0) is 17.4. The molecular weight excluding hydrogens is 305 g/mol. The van der Waals surface area contributed by atoms with Crippen LogP contribution in [0.1, 0.15) is 54.4 Å². The van der Waals surface area contributed by atoms with Gasteiger partial charge in [-0.15, -0.1) is 0 Å². The highest BCUT2D eigenvalue weighted by Crippen LogP contribution is 2.49. The van der Waals surface area contributed by atoms with Crippen molar-refractivity contribution in [1.82, 2.24) is 5.32 Å². The van der Waals surface area contributed by atoms with Gasteiger partial charge in [0.15, 0.2) is 0 Å². The summed E-state index contributed by atoms with van der Waals surface area (Å²) in [6.45, 7) is 10.9. The minimum atomic E-state index is -2.90. The summed E-state index contributed by atoms with van der Waals surface area (Å²) in [7, 11) is -2.90. The molecule has 0 saturated carbocycles. The first kappa shape index (κ1) is 21.4. The summed E-state index contributed by atoms with van der Waals surface area (Å²) in [5, 5.41) is 12.9. The van der Waals surface area contributed by atoms with Crippen LogP contribution < -0.4 is 5.32 Å². The van der Waals surface area contributed by atoms with Crippen LogP contribution in [0.5, 0.6) is 0 Å². The number of hydrogen-bond acceptors (Lipinski definition) is 5. The van der Waals surface area contributed by atoms with Crippen LogP contribution in [-0.4, -0.2) is 47.9 Å². The van der Waals surface area contributed by atoms with E-state index in [4.69, 9.17) is 9.26 Å². The predicted molar refractivity (Wildman–Crippen MR) is 88.7 cm³/mol. The molecule has 0 heterocycles. The number of hydrogen-bond donors (Lipinski definition) is 2. The van der Waals surface area contributed by atoms with Crippen molar-refractivity contribution >= 4 is 13.5 Å². The Morgan fingerprint density at radius 2 is 1.82 bits per heavy atom. The first-order valence-electron chi connectivity index (χ1n) is 7.85. The third-order valence-corrected chi connectivity index (χ3v) is 5.70. The average molecular weight is 337 g/mol. The quantitative estimate of drug-likeness (QED) is 0.630. The lowest BCUT2D eigenvalue weighted by molar-refractivity contribution is 0.0393. The Balaban J connectivity index is 4.58. The lowest BCUT2D eigenvalue weighted by Crippen LogP contribution is -2.45. The fourth-order valence-electron chi connectivity index (χ4n) is 1.98. The molecule has 0 saturated heterocycles. The molecule has 0 bridgehead atoms. The Labute approximate surface area is 134 Å². The molecule has 7 heteroatoms. The molecule has 0 aliphatic rings. The van der Waals surface area contributed by atoms with Crippen molar-refractivity contribution in [3.63, 3.8) is 0 Å². The summed E-state index contributed by atoms with van der Waals surface area (Å²) in [5.74, 6) is 0. The van der Waals surface area contributed by atoms with Crippen LogP contribution in [0, 0.1) is 0 Å². The number of amides is 1. The lowest BCUT2D eigenvalue weighted by atomic mass is 10.1. The Kier molecular flexibility index (Phi) is 8.66. The Morgan fingerprint density at radius 3 is 2.27 bits per heavy atom. The number of carbonyl (C=O) groups is 1. The summed E-state index contributed by atoms with van der Waals surface area (Å²) < 4.78 is 23.3. The molecule has 0 fully saturated rings. The second kappa shape index (κ2) is 8.90. The van der Waals surface area contributed by atoms with Crippen molar-refractivity contribution in [1.29, 1.82) is 0 Å². The molecule has 22 heavy (non-hydrogen) atoms. The Hall–Kier alpha value is -0.580. The van der Waals surface area contributed by atoms with Gasteiger partial charge >= 0.3 is 6.09 Å². The number of carbonyl (C=O) groups excluding carboxylic acids is 1. The highest BCUT2D eigenvalue weighted by molar-refractivity contribution is 7.59. The van der Waals surface area contributed by atoms with E-state index in [2.05, 4.69) is 5.32 Å². The van der Waals surface area contributed by atoms with Gasteiger partial charge in [-0.05, 0) is 41.0 Å². The maximum atomic E-state index is 12.7. The molecule has 6 nitrogen and oxygen atoms in total. The maximum Gasteiger partial charge on any atom is 0.407 e. The second-order valence-electron chi connectivity index (χ2n) is 6.82. The van der Waals surface area contributed by atoms with Crippen molar-refractivity contribution in [2.45, 2.75) is 65.6 Å². The zero-order valence-electron chi connectivity index (χ0n) is 14.8. The van der Waals surface area contributed by atoms with Gasteiger partial charge in [0.2, 0.25) is 7.37 Å². The minimum absolute atomic E-state index is 0.0175. The van der Waals surface area contributed by atoms with Crippen molar-refractivity contribution in [3.05, 3.63) is 0 Å². The summed E-state index contributed by atoms with van der Waals surface area (Å²) in [4.78, 5) is 11.6. The number of rotatable bonds is 9. The lowest BCUT2D eigenvalue weighted by Gasteiger charge is -2.29. The third-order valence-electron chi connectivity index (χ3n) is 2.81. The predicted octanol–water partition coefficient (Wildman–Crippen LogP) is 3.38. The van der Waals surface area contributed by atoms with Gasteiger partial charge in [-0.2, -0.15) is 0 Å².